The maximum absolute atomic E-state index is 12.9. The summed E-state index contributed by atoms with van der Waals surface area (Å²) in [5.74, 6) is -0.458. The van der Waals surface area contributed by atoms with Gasteiger partial charge in [0.2, 0.25) is 15.9 Å². The van der Waals surface area contributed by atoms with Gasteiger partial charge in [0.05, 0.1) is 16.9 Å². The Morgan fingerprint density at radius 3 is 2.39 bits per heavy atom. The van der Waals surface area contributed by atoms with E-state index in [0.29, 0.717) is 18.7 Å². The van der Waals surface area contributed by atoms with Gasteiger partial charge in [0.1, 0.15) is 6.04 Å². The summed E-state index contributed by atoms with van der Waals surface area (Å²) in [5.41, 5.74) is 1.40. The van der Waals surface area contributed by atoms with Crippen molar-refractivity contribution in [2.45, 2.75) is 26.3 Å². The van der Waals surface area contributed by atoms with Crippen molar-refractivity contribution in [2.24, 2.45) is 0 Å². The summed E-state index contributed by atoms with van der Waals surface area (Å²) in [7, 11) is -1.99. The Kier molecular flexibility index (Phi) is 7.98. The number of non-ortho nitro benzene ring substituents is 1. The van der Waals surface area contributed by atoms with E-state index in [1.54, 1.807) is 13.8 Å². The largest absolute Gasteiger partial charge is 0.373 e. The Hall–Kier alpha value is -3.14. The maximum atomic E-state index is 12.9. The van der Waals surface area contributed by atoms with Crippen molar-refractivity contribution in [3.8, 4) is 0 Å². The van der Waals surface area contributed by atoms with Gasteiger partial charge in [0.15, 0.2) is 0 Å². The van der Waals surface area contributed by atoms with Gasteiger partial charge >= 0.3 is 0 Å². The van der Waals surface area contributed by atoms with Crippen LogP contribution in [0, 0.1) is 17.0 Å². The monoisotopic (exact) mass is 448 g/mol. The molecule has 10 heteroatoms. The molecule has 168 valence electrons. The van der Waals surface area contributed by atoms with Crippen molar-refractivity contribution in [3.05, 3.63) is 64.2 Å². The first-order valence-corrected chi connectivity index (χ1v) is 11.7. The summed E-state index contributed by atoms with van der Waals surface area (Å²) in [6, 6.07) is 12.6. The molecule has 0 spiro atoms. The molecule has 9 nitrogen and oxygen atoms in total. The normalized spacial score (nSPS) is 12.1. The van der Waals surface area contributed by atoms with Gasteiger partial charge in [-0.2, -0.15) is 0 Å². The van der Waals surface area contributed by atoms with Crippen LogP contribution in [0.25, 0.3) is 0 Å². The Bertz CT molecular complexity index is 1030. The molecule has 0 bridgehead atoms. The standard InChI is InChI=1S/C21H28N4O5S/c1-5-19(21(26)22-13-14-23(3)17-9-7-6-8-10-17)24(31(4,29)30)20-15-18(25(27)28)12-11-16(20)2/h6-12,15,19H,5,13-14H2,1-4H3,(H,22,26)/t19-/m1/s1. The fourth-order valence-electron chi connectivity index (χ4n) is 3.26. The third-order valence-electron chi connectivity index (χ3n) is 4.91. The molecule has 0 saturated carbocycles. The zero-order valence-electron chi connectivity index (χ0n) is 18.1. The molecule has 0 aromatic heterocycles. The van der Waals surface area contributed by atoms with Crippen LogP contribution in [0.4, 0.5) is 17.1 Å². The zero-order chi connectivity index (χ0) is 23.2. The molecule has 2 aromatic rings. The van der Waals surface area contributed by atoms with E-state index in [-0.39, 0.29) is 17.8 Å². The maximum Gasteiger partial charge on any atom is 0.271 e. The number of hydrogen-bond acceptors (Lipinski definition) is 6. The highest BCUT2D eigenvalue weighted by atomic mass is 32.2. The summed E-state index contributed by atoms with van der Waals surface area (Å²) < 4.78 is 26.2. The first kappa shape index (κ1) is 24.1. The minimum absolute atomic E-state index is 0.125. The first-order valence-electron chi connectivity index (χ1n) is 9.84. The van der Waals surface area contributed by atoms with Crippen LogP contribution in [0.1, 0.15) is 18.9 Å². The number of aryl methyl sites for hydroxylation is 1. The molecule has 2 rings (SSSR count). The van der Waals surface area contributed by atoms with Crippen LogP contribution in [0.5, 0.6) is 0 Å². The van der Waals surface area contributed by atoms with Crippen LogP contribution in [0.2, 0.25) is 0 Å². The van der Waals surface area contributed by atoms with Crippen molar-refractivity contribution in [1.82, 2.24) is 5.32 Å². The highest BCUT2D eigenvalue weighted by Crippen LogP contribution is 2.30. The Morgan fingerprint density at radius 1 is 1.19 bits per heavy atom. The van der Waals surface area contributed by atoms with Crippen LogP contribution in [0.3, 0.4) is 0 Å². The molecule has 0 unspecified atom stereocenters. The molecular weight excluding hydrogens is 420 g/mol. The van der Waals surface area contributed by atoms with E-state index < -0.39 is 26.9 Å². The van der Waals surface area contributed by atoms with E-state index in [9.17, 15) is 23.3 Å². The number of carbonyl (C=O) groups is 1. The van der Waals surface area contributed by atoms with Crippen molar-refractivity contribution < 1.29 is 18.1 Å². The van der Waals surface area contributed by atoms with Crippen LogP contribution in [-0.4, -0.2) is 51.7 Å². The van der Waals surface area contributed by atoms with Gasteiger partial charge in [-0.3, -0.25) is 19.2 Å². The molecule has 0 aliphatic rings. The minimum Gasteiger partial charge on any atom is -0.373 e. The van der Waals surface area contributed by atoms with E-state index in [1.165, 1.54) is 18.2 Å². The van der Waals surface area contributed by atoms with Gasteiger partial charge in [0, 0.05) is 38.0 Å². The average molecular weight is 449 g/mol. The number of nitrogens with one attached hydrogen (secondary N) is 1. The molecule has 1 atom stereocenters. The molecule has 0 radical (unpaired) electrons. The number of likely N-dealkylation sites (N-methyl/N-ethyl adjacent to an activating group) is 1. The third-order valence-corrected chi connectivity index (χ3v) is 6.08. The van der Waals surface area contributed by atoms with Crippen LogP contribution in [-0.2, 0) is 14.8 Å². The number of nitro benzene ring substituents is 1. The molecule has 1 N–H and O–H groups in total. The molecule has 2 aromatic carbocycles. The second-order valence-corrected chi connectivity index (χ2v) is 9.12. The lowest BCUT2D eigenvalue weighted by atomic mass is 10.1. The zero-order valence-corrected chi connectivity index (χ0v) is 18.9. The smallest absolute Gasteiger partial charge is 0.271 e. The van der Waals surface area contributed by atoms with E-state index >= 15 is 0 Å². The Balaban J connectivity index is 2.22. The molecule has 31 heavy (non-hydrogen) atoms. The molecule has 0 heterocycles. The second-order valence-electron chi connectivity index (χ2n) is 7.26. The Morgan fingerprint density at radius 2 is 1.84 bits per heavy atom. The number of nitrogens with zero attached hydrogens (tertiary/aromatic N) is 3. The number of rotatable bonds is 10. The number of carbonyl (C=O) groups excluding carboxylic acids is 1. The lowest BCUT2D eigenvalue weighted by Gasteiger charge is -2.31. The highest BCUT2D eigenvalue weighted by Gasteiger charge is 2.33. The fraction of sp³-hybridized carbons (Fsp3) is 0.381. The average Bonchev–Trinajstić information content (AvgIpc) is 2.72. The van der Waals surface area contributed by atoms with Crippen molar-refractivity contribution in [2.75, 3.05) is 35.6 Å². The first-order chi connectivity index (χ1) is 14.6. The van der Waals surface area contributed by atoms with Gasteiger partial charge in [-0.15, -0.1) is 0 Å². The van der Waals surface area contributed by atoms with Crippen LogP contribution < -0.4 is 14.5 Å². The number of para-hydroxylation sites is 1. The lowest BCUT2D eigenvalue weighted by molar-refractivity contribution is -0.384. The number of sulfonamides is 1. The summed E-state index contributed by atoms with van der Waals surface area (Å²) in [4.78, 5) is 25.5. The number of amides is 1. The number of nitro groups is 1. The SMILES string of the molecule is CC[C@H](C(=O)NCCN(C)c1ccccc1)N(c1cc([N+](=O)[O-])ccc1C)S(C)(=O)=O. The molecular formula is C21H28N4O5S. The Labute approximate surface area is 182 Å². The summed E-state index contributed by atoms with van der Waals surface area (Å²) in [6.07, 6.45) is 1.19. The van der Waals surface area contributed by atoms with Crippen molar-refractivity contribution in [1.29, 1.82) is 0 Å². The van der Waals surface area contributed by atoms with Gasteiger partial charge in [-0.1, -0.05) is 31.2 Å². The summed E-state index contributed by atoms with van der Waals surface area (Å²) in [6.45, 7) is 4.19. The number of anilines is 2. The van der Waals surface area contributed by atoms with E-state index in [1.807, 2.05) is 42.3 Å². The number of hydrogen-bond donors (Lipinski definition) is 1. The van der Waals surface area contributed by atoms with Crippen LogP contribution in [0.15, 0.2) is 48.5 Å². The van der Waals surface area contributed by atoms with Gasteiger partial charge < -0.3 is 10.2 Å². The van der Waals surface area contributed by atoms with Crippen LogP contribution >= 0.6 is 0 Å². The molecule has 0 aliphatic carbocycles. The van der Waals surface area contributed by atoms with Gasteiger partial charge in [-0.25, -0.2) is 8.42 Å². The van der Waals surface area contributed by atoms with Gasteiger partial charge in [0.25, 0.3) is 5.69 Å². The van der Waals surface area contributed by atoms with Gasteiger partial charge in [-0.05, 0) is 31.0 Å². The quantitative estimate of drug-likeness (QED) is 0.442. The fourth-order valence-corrected chi connectivity index (χ4v) is 4.52. The van der Waals surface area contributed by atoms with E-state index in [2.05, 4.69) is 5.32 Å². The molecule has 0 saturated heterocycles. The highest BCUT2D eigenvalue weighted by molar-refractivity contribution is 7.92. The topological polar surface area (TPSA) is 113 Å². The molecule has 0 aliphatic heterocycles. The minimum atomic E-state index is -3.88. The van der Waals surface area contributed by atoms with E-state index in [0.717, 1.165) is 16.2 Å². The van der Waals surface area contributed by atoms with E-state index in [4.69, 9.17) is 0 Å². The summed E-state index contributed by atoms with van der Waals surface area (Å²) in [5, 5.41) is 14.0. The second kappa shape index (κ2) is 10.3. The third kappa shape index (κ3) is 6.17. The number of benzene rings is 2. The lowest BCUT2D eigenvalue weighted by Crippen LogP contribution is -2.50. The van der Waals surface area contributed by atoms with Crippen molar-refractivity contribution >= 4 is 33.0 Å². The predicted octanol–water partition coefficient (Wildman–Crippen LogP) is 2.70. The summed E-state index contributed by atoms with van der Waals surface area (Å²) >= 11 is 0. The van der Waals surface area contributed by atoms with Crippen molar-refractivity contribution in [3.63, 3.8) is 0 Å². The predicted molar refractivity (Wildman–Crippen MR) is 122 cm³/mol. The molecule has 1 amide bonds. The molecule has 0 fully saturated rings.